The van der Waals surface area contributed by atoms with Gasteiger partial charge in [0, 0.05) is 30.7 Å². The van der Waals surface area contributed by atoms with Crippen LogP contribution in [0.25, 0.3) is 11.5 Å². The lowest BCUT2D eigenvalue weighted by atomic mass is 9.96. The second kappa shape index (κ2) is 4.68. The molecule has 1 N–H and O–H groups in total. The first kappa shape index (κ1) is 11.1. The van der Waals surface area contributed by atoms with Crippen LogP contribution in [0.5, 0.6) is 0 Å². The lowest BCUT2D eigenvalue weighted by Crippen LogP contribution is -2.12. The SMILES string of the molecule is CNc1nc(-c2cnccn2)nc2c1CCCC2. The van der Waals surface area contributed by atoms with Gasteiger partial charge in [-0.1, -0.05) is 0 Å². The number of nitrogens with zero attached hydrogens (tertiary/aromatic N) is 4. The first-order valence-electron chi connectivity index (χ1n) is 6.22. The number of hydrogen-bond donors (Lipinski definition) is 1. The van der Waals surface area contributed by atoms with Crippen molar-refractivity contribution >= 4 is 5.82 Å². The monoisotopic (exact) mass is 241 g/mol. The van der Waals surface area contributed by atoms with Gasteiger partial charge in [-0.05, 0) is 25.7 Å². The standard InChI is InChI=1S/C13H15N5/c1-14-12-9-4-2-3-5-10(9)17-13(18-12)11-8-15-6-7-16-11/h6-8H,2-5H2,1H3,(H,14,17,18). The Hall–Kier alpha value is -2.04. The fourth-order valence-electron chi connectivity index (χ4n) is 2.33. The summed E-state index contributed by atoms with van der Waals surface area (Å²) in [7, 11) is 1.90. The molecule has 0 unspecified atom stereocenters. The molecule has 5 heteroatoms. The Labute approximate surface area is 106 Å². The highest BCUT2D eigenvalue weighted by atomic mass is 15.0. The van der Waals surface area contributed by atoms with Crippen molar-refractivity contribution in [2.45, 2.75) is 25.7 Å². The number of fused-ring (bicyclic) bond motifs is 1. The molecular weight excluding hydrogens is 226 g/mol. The van der Waals surface area contributed by atoms with Crippen LogP contribution in [0.3, 0.4) is 0 Å². The second-order valence-corrected chi connectivity index (χ2v) is 4.37. The number of aryl methyl sites for hydroxylation is 1. The van der Waals surface area contributed by atoms with Gasteiger partial charge in [-0.15, -0.1) is 0 Å². The molecule has 2 aromatic heterocycles. The molecule has 0 fully saturated rings. The van der Waals surface area contributed by atoms with Gasteiger partial charge in [-0.3, -0.25) is 4.98 Å². The summed E-state index contributed by atoms with van der Waals surface area (Å²) in [5, 5.41) is 3.17. The summed E-state index contributed by atoms with van der Waals surface area (Å²) >= 11 is 0. The minimum Gasteiger partial charge on any atom is -0.373 e. The van der Waals surface area contributed by atoms with E-state index in [0.717, 1.165) is 30.0 Å². The second-order valence-electron chi connectivity index (χ2n) is 4.37. The average molecular weight is 241 g/mol. The highest BCUT2D eigenvalue weighted by molar-refractivity contribution is 5.56. The Morgan fingerprint density at radius 3 is 2.78 bits per heavy atom. The lowest BCUT2D eigenvalue weighted by molar-refractivity contribution is 0.665. The van der Waals surface area contributed by atoms with E-state index in [1.807, 2.05) is 7.05 Å². The van der Waals surface area contributed by atoms with E-state index in [-0.39, 0.29) is 0 Å². The molecule has 0 bridgehead atoms. The van der Waals surface area contributed by atoms with E-state index >= 15 is 0 Å². The Balaban J connectivity index is 2.12. The van der Waals surface area contributed by atoms with E-state index in [1.54, 1.807) is 18.6 Å². The zero-order valence-electron chi connectivity index (χ0n) is 10.3. The zero-order valence-corrected chi connectivity index (χ0v) is 10.3. The molecule has 92 valence electrons. The first-order valence-corrected chi connectivity index (χ1v) is 6.22. The fourth-order valence-corrected chi connectivity index (χ4v) is 2.33. The van der Waals surface area contributed by atoms with Crippen molar-refractivity contribution in [3.8, 4) is 11.5 Å². The molecular formula is C13H15N5. The molecule has 5 nitrogen and oxygen atoms in total. The summed E-state index contributed by atoms with van der Waals surface area (Å²) in [5.74, 6) is 1.59. The molecule has 0 aromatic carbocycles. The Morgan fingerprint density at radius 1 is 1.11 bits per heavy atom. The molecule has 0 aliphatic heterocycles. The number of anilines is 1. The van der Waals surface area contributed by atoms with Crippen LogP contribution in [-0.2, 0) is 12.8 Å². The normalized spacial score (nSPS) is 14.1. The van der Waals surface area contributed by atoms with E-state index in [2.05, 4.69) is 25.3 Å². The maximum Gasteiger partial charge on any atom is 0.182 e. The van der Waals surface area contributed by atoms with Crippen LogP contribution < -0.4 is 5.32 Å². The van der Waals surface area contributed by atoms with E-state index in [1.165, 1.54) is 18.4 Å². The summed E-state index contributed by atoms with van der Waals surface area (Å²) in [5.41, 5.74) is 3.14. The summed E-state index contributed by atoms with van der Waals surface area (Å²) in [6, 6.07) is 0. The van der Waals surface area contributed by atoms with E-state index in [4.69, 9.17) is 0 Å². The van der Waals surface area contributed by atoms with Gasteiger partial charge in [0.15, 0.2) is 5.82 Å². The molecule has 0 radical (unpaired) electrons. The van der Waals surface area contributed by atoms with E-state index in [0.29, 0.717) is 5.82 Å². The number of aromatic nitrogens is 4. The predicted molar refractivity (Wildman–Crippen MR) is 69.2 cm³/mol. The maximum absolute atomic E-state index is 4.64. The third-order valence-corrected chi connectivity index (χ3v) is 3.21. The van der Waals surface area contributed by atoms with Crippen LogP contribution in [0.4, 0.5) is 5.82 Å². The van der Waals surface area contributed by atoms with Crippen molar-refractivity contribution in [1.82, 2.24) is 19.9 Å². The molecule has 18 heavy (non-hydrogen) atoms. The van der Waals surface area contributed by atoms with Gasteiger partial charge in [0.1, 0.15) is 11.5 Å². The molecule has 3 rings (SSSR count). The van der Waals surface area contributed by atoms with Crippen LogP contribution in [-0.4, -0.2) is 27.0 Å². The minimum absolute atomic E-state index is 0.660. The number of nitrogens with one attached hydrogen (secondary N) is 1. The van der Waals surface area contributed by atoms with Crippen LogP contribution in [0.2, 0.25) is 0 Å². The third-order valence-electron chi connectivity index (χ3n) is 3.21. The van der Waals surface area contributed by atoms with Gasteiger partial charge in [-0.2, -0.15) is 0 Å². The van der Waals surface area contributed by atoms with Crippen molar-refractivity contribution in [2.24, 2.45) is 0 Å². The van der Waals surface area contributed by atoms with Crippen molar-refractivity contribution in [3.05, 3.63) is 29.8 Å². The molecule has 0 atom stereocenters. The summed E-state index contributed by atoms with van der Waals surface area (Å²) in [6.07, 6.45) is 9.52. The Bertz CT molecular complexity index is 536. The molecule has 2 aromatic rings. The van der Waals surface area contributed by atoms with Gasteiger partial charge in [0.2, 0.25) is 0 Å². The largest absolute Gasteiger partial charge is 0.373 e. The van der Waals surface area contributed by atoms with Crippen LogP contribution in [0, 0.1) is 0 Å². The molecule has 0 saturated carbocycles. The summed E-state index contributed by atoms with van der Waals surface area (Å²) in [6.45, 7) is 0. The fraction of sp³-hybridized carbons (Fsp3) is 0.385. The van der Waals surface area contributed by atoms with Gasteiger partial charge < -0.3 is 5.32 Å². The van der Waals surface area contributed by atoms with E-state index < -0.39 is 0 Å². The number of hydrogen-bond acceptors (Lipinski definition) is 5. The van der Waals surface area contributed by atoms with Gasteiger partial charge in [0.25, 0.3) is 0 Å². The molecule has 1 aliphatic rings. The van der Waals surface area contributed by atoms with Crippen molar-refractivity contribution in [3.63, 3.8) is 0 Å². The highest BCUT2D eigenvalue weighted by Gasteiger charge is 2.18. The van der Waals surface area contributed by atoms with Crippen LogP contribution >= 0.6 is 0 Å². The lowest BCUT2D eigenvalue weighted by Gasteiger charge is -2.18. The van der Waals surface area contributed by atoms with Crippen LogP contribution in [0.15, 0.2) is 18.6 Å². The minimum atomic E-state index is 0.660. The molecule has 0 amide bonds. The summed E-state index contributed by atoms with van der Waals surface area (Å²) in [4.78, 5) is 17.5. The van der Waals surface area contributed by atoms with Crippen molar-refractivity contribution < 1.29 is 0 Å². The quantitative estimate of drug-likeness (QED) is 0.869. The molecule has 0 saturated heterocycles. The Morgan fingerprint density at radius 2 is 2.00 bits per heavy atom. The molecule has 0 spiro atoms. The average Bonchev–Trinajstić information content (AvgIpc) is 2.47. The topological polar surface area (TPSA) is 63.6 Å². The van der Waals surface area contributed by atoms with Crippen molar-refractivity contribution in [2.75, 3.05) is 12.4 Å². The van der Waals surface area contributed by atoms with E-state index in [9.17, 15) is 0 Å². The zero-order chi connectivity index (χ0) is 12.4. The predicted octanol–water partition coefficient (Wildman–Crippen LogP) is 1.85. The van der Waals surface area contributed by atoms with Crippen molar-refractivity contribution in [1.29, 1.82) is 0 Å². The first-order chi connectivity index (χ1) is 8.88. The smallest absolute Gasteiger partial charge is 0.182 e. The van der Waals surface area contributed by atoms with Gasteiger partial charge in [0.05, 0.1) is 6.20 Å². The molecule has 1 aliphatic carbocycles. The van der Waals surface area contributed by atoms with Gasteiger partial charge >= 0.3 is 0 Å². The van der Waals surface area contributed by atoms with Crippen LogP contribution in [0.1, 0.15) is 24.1 Å². The maximum atomic E-state index is 4.64. The third kappa shape index (κ3) is 1.92. The van der Waals surface area contributed by atoms with Gasteiger partial charge in [-0.25, -0.2) is 15.0 Å². The Kier molecular flexibility index (Phi) is 2.88. The number of rotatable bonds is 2. The summed E-state index contributed by atoms with van der Waals surface area (Å²) < 4.78 is 0. The highest BCUT2D eigenvalue weighted by Crippen LogP contribution is 2.27. The molecule has 2 heterocycles.